The molecular formula is C14H28N2O. The molecule has 2 rings (SSSR count). The first-order valence-corrected chi connectivity index (χ1v) is 7.23. The van der Waals surface area contributed by atoms with Gasteiger partial charge in [-0.25, -0.2) is 0 Å². The predicted molar refractivity (Wildman–Crippen MR) is 71.1 cm³/mol. The number of hydrogen-bond acceptors (Lipinski definition) is 3. The molecule has 0 aromatic carbocycles. The number of piperidine rings is 1. The molecule has 1 saturated heterocycles. The van der Waals surface area contributed by atoms with Crippen molar-refractivity contribution < 1.29 is 5.11 Å². The van der Waals surface area contributed by atoms with Crippen LogP contribution in [0.1, 0.15) is 38.5 Å². The number of likely N-dealkylation sites (tertiary alicyclic amines) is 1. The van der Waals surface area contributed by atoms with Crippen molar-refractivity contribution >= 4 is 0 Å². The van der Waals surface area contributed by atoms with Crippen molar-refractivity contribution in [1.29, 1.82) is 0 Å². The zero-order valence-corrected chi connectivity index (χ0v) is 11.4. The summed E-state index contributed by atoms with van der Waals surface area (Å²) in [4.78, 5) is 4.95. The standard InChI is InChI=1S/C14H28N2O/c1-15(2)13-6-4-9-16(11-13)10-8-12-5-3-7-14(12)17/h12-14,17H,3-11H2,1-2H3. The molecule has 1 aliphatic carbocycles. The van der Waals surface area contributed by atoms with Gasteiger partial charge in [-0.15, -0.1) is 0 Å². The number of aliphatic hydroxyl groups is 1. The lowest BCUT2D eigenvalue weighted by molar-refractivity contribution is 0.0980. The summed E-state index contributed by atoms with van der Waals surface area (Å²) in [6.45, 7) is 3.66. The highest BCUT2D eigenvalue weighted by Gasteiger charge is 2.27. The molecule has 3 atom stereocenters. The number of likely N-dealkylation sites (N-methyl/N-ethyl adjacent to an activating group) is 1. The Kier molecular flexibility index (Phi) is 4.83. The van der Waals surface area contributed by atoms with E-state index >= 15 is 0 Å². The second kappa shape index (κ2) is 6.17. The summed E-state index contributed by atoms with van der Waals surface area (Å²) in [6.07, 6.45) is 7.36. The van der Waals surface area contributed by atoms with E-state index in [4.69, 9.17) is 0 Å². The Hall–Kier alpha value is -0.120. The van der Waals surface area contributed by atoms with Gasteiger partial charge in [-0.1, -0.05) is 6.42 Å². The molecule has 1 saturated carbocycles. The van der Waals surface area contributed by atoms with Crippen molar-refractivity contribution in [1.82, 2.24) is 9.80 Å². The minimum Gasteiger partial charge on any atom is -0.393 e. The van der Waals surface area contributed by atoms with Crippen molar-refractivity contribution in [2.75, 3.05) is 33.7 Å². The molecule has 3 unspecified atom stereocenters. The average molecular weight is 240 g/mol. The largest absolute Gasteiger partial charge is 0.393 e. The van der Waals surface area contributed by atoms with Crippen LogP contribution in [0, 0.1) is 5.92 Å². The summed E-state index contributed by atoms with van der Waals surface area (Å²) in [6, 6.07) is 0.734. The Morgan fingerprint density at radius 2 is 2.00 bits per heavy atom. The van der Waals surface area contributed by atoms with E-state index in [1.807, 2.05) is 0 Å². The zero-order chi connectivity index (χ0) is 12.3. The van der Waals surface area contributed by atoms with Gasteiger partial charge in [-0.05, 0) is 65.2 Å². The highest BCUT2D eigenvalue weighted by molar-refractivity contribution is 4.81. The summed E-state index contributed by atoms with van der Waals surface area (Å²) in [5.41, 5.74) is 0. The van der Waals surface area contributed by atoms with Gasteiger partial charge in [0.1, 0.15) is 0 Å². The minimum atomic E-state index is -0.00978. The quantitative estimate of drug-likeness (QED) is 0.808. The van der Waals surface area contributed by atoms with Crippen LogP contribution >= 0.6 is 0 Å². The lowest BCUT2D eigenvalue weighted by atomic mass is 9.99. The Labute approximate surface area is 106 Å². The van der Waals surface area contributed by atoms with E-state index < -0.39 is 0 Å². The van der Waals surface area contributed by atoms with Crippen molar-refractivity contribution in [3.8, 4) is 0 Å². The number of nitrogens with zero attached hydrogens (tertiary/aromatic N) is 2. The van der Waals surface area contributed by atoms with Gasteiger partial charge in [-0.3, -0.25) is 0 Å². The maximum Gasteiger partial charge on any atom is 0.0568 e. The van der Waals surface area contributed by atoms with Gasteiger partial charge >= 0.3 is 0 Å². The molecule has 0 spiro atoms. The average Bonchev–Trinajstić information content (AvgIpc) is 2.72. The monoisotopic (exact) mass is 240 g/mol. The van der Waals surface area contributed by atoms with E-state index in [0.717, 1.165) is 12.5 Å². The second-order valence-corrected chi connectivity index (χ2v) is 6.11. The van der Waals surface area contributed by atoms with Crippen LogP contribution in [0.3, 0.4) is 0 Å². The third-order valence-corrected chi connectivity index (χ3v) is 4.65. The molecule has 0 radical (unpaired) electrons. The van der Waals surface area contributed by atoms with E-state index in [2.05, 4.69) is 23.9 Å². The van der Waals surface area contributed by atoms with Gasteiger partial charge in [0.25, 0.3) is 0 Å². The first-order valence-electron chi connectivity index (χ1n) is 7.23. The van der Waals surface area contributed by atoms with E-state index in [0.29, 0.717) is 5.92 Å². The van der Waals surface area contributed by atoms with Gasteiger partial charge in [0, 0.05) is 12.6 Å². The fourth-order valence-corrected chi connectivity index (χ4v) is 3.36. The van der Waals surface area contributed by atoms with Crippen LogP contribution in [0.2, 0.25) is 0 Å². The van der Waals surface area contributed by atoms with Gasteiger partial charge in [0.15, 0.2) is 0 Å². The summed E-state index contributed by atoms with van der Waals surface area (Å²) in [7, 11) is 4.38. The Morgan fingerprint density at radius 1 is 1.18 bits per heavy atom. The topological polar surface area (TPSA) is 26.7 Å². The summed E-state index contributed by atoms with van der Waals surface area (Å²) in [5.74, 6) is 0.578. The van der Waals surface area contributed by atoms with Crippen molar-refractivity contribution in [2.24, 2.45) is 5.92 Å². The zero-order valence-electron chi connectivity index (χ0n) is 11.4. The summed E-state index contributed by atoms with van der Waals surface area (Å²) >= 11 is 0. The molecule has 2 aliphatic rings. The smallest absolute Gasteiger partial charge is 0.0568 e. The molecule has 0 amide bonds. The maximum absolute atomic E-state index is 9.83. The number of rotatable bonds is 4. The van der Waals surface area contributed by atoms with Crippen LogP contribution in [0.25, 0.3) is 0 Å². The van der Waals surface area contributed by atoms with Crippen molar-refractivity contribution in [3.05, 3.63) is 0 Å². The van der Waals surface area contributed by atoms with Crippen LogP contribution < -0.4 is 0 Å². The Bertz CT molecular complexity index is 232. The third kappa shape index (κ3) is 3.67. The molecule has 3 heteroatoms. The first kappa shape index (κ1) is 13.3. The highest BCUT2D eigenvalue weighted by atomic mass is 16.3. The molecule has 0 aromatic heterocycles. The SMILES string of the molecule is CN(C)C1CCCN(CCC2CCCC2O)C1. The van der Waals surface area contributed by atoms with Crippen molar-refractivity contribution in [2.45, 2.75) is 50.7 Å². The molecule has 0 bridgehead atoms. The third-order valence-electron chi connectivity index (χ3n) is 4.65. The molecule has 0 aromatic rings. The predicted octanol–water partition coefficient (Wildman–Crippen LogP) is 1.56. The van der Waals surface area contributed by atoms with E-state index in [9.17, 15) is 5.11 Å². The summed E-state index contributed by atoms with van der Waals surface area (Å²) < 4.78 is 0. The Balaban J connectivity index is 1.71. The van der Waals surface area contributed by atoms with E-state index in [1.54, 1.807) is 0 Å². The number of hydrogen-bond donors (Lipinski definition) is 1. The van der Waals surface area contributed by atoms with Crippen LogP contribution in [0.4, 0.5) is 0 Å². The highest BCUT2D eigenvalue weighted by Crippen LogP contribution is 2.28. The van der Waals surface area contributed by atoms with Crippen molar-refractivity contribution in [3.63, 3.8) is 0 Å². The van der Waals surface area contributed by atoms with Gasteiger partial charge in [0.05, 0.1) is 6.10 Å². The Morgan fingerprint density at radius 3 is 2.65 bits per heavy atom. The van der Waals surface area contributed by atoms with E-state index in [1.165, 1.54) is 51.7 Å². The number of aliphatic hydroxyl groups excluding tert-OH is 1. The lowest BCUT2D eigenvalue weighted by Crippen LogP contribution is -2.45. The second-order valence-electron chi connectivity index (χ2n) is 6.11. The minimum absolute atomic E-state index is 0.00978. The maximum atomic E-state index is 9.83. The normalized spacial score (nSPS) is 35.6. The van der Waals surface area contributed by atoms with Gasteiger partial charge in [0.2, 0.25) is 0 Å². The van der Waals surface area contributed by atoms with E-state index in [-0.39, 0.29) is 6.10 Å². The van der Waals surface area contributed by atoms with Gasteiger partial charge in [-0.2, -0.15) is 0 Å². The molecule has 2 fully saturated rings. The molecular weight excluding hydrogens is 212 g/mol. The van der Waals surface area contributed by atoms with Crippen LogP contribution in [-0.4, -0.2) is 60.8 Å². The molecule has 1 heterocycles. The molecule has 17 heavy (non-hydrogen) atoms. The lowest BCUT2D eigenvalue weighted by Gasteiger charge is -2.36. The molecule has 1 N–H and O–H groups in total. The fourth-order valence-electron chi connectivity index (χ4n) is 3.36. The molecule has 1 aliphatic heterocycles. The fraction of sp³-hybridized carbons (Fsp3) is 1.00. The van der Waals surface area contributed by atoms with Crippen LogP contribution in [0.5, 0.6) is 0 Å². The molecule has 3 nitrogen and oxygen atoms in total. The van der Waals surface area contributed by atoms with Gasteiger partial charge < -0.3 is 14.9 Å². The van der Waals surface area contributed by atoms with Crippen LogP contribution in [-0.2, 0) is 0 Å². The van der Waals surface area contributed by atoms with Crippen LogP contribution in [0.15, 0.2) is 0 Å². The molecule has 100 valence electrons. The summed E-state index contributed by atoms with van der Waals surface area (Å²) in [5, 5.41) is 9.83. The first-order chi connectivity index (χ1) is 8.16.